The summed E-state index contributed by atoms with van der Waals surface area (Å²) in [7, 11) is -3.91. The molecule has 112 valence electrons. The molecule has 0 amide bonds. The minimum Gasteiger partial charge on any atom is -0.349 e. The molecule has 0 aromatic heterocycles. The maximum atomic E-state index is 12.5. The van der Waals surface area contributed by atoms with Gasteiger partial charge in [-0.1, -0.05) is 35.9 Å². The molecule has 4 nitrogen and oxygen atoms in total. The second-order valence-corrected chi connectivity index (χ2v) is 6.93. The number of para-hydroxylation sites is 1. The van der Waals surface area contributed by atoms with Crippen LogP contribution in [0.5, 0.6) is 0 Å². The van der Waals surface area contributed by atoms with Gasteiger partial charge < -0.3 is 5.32 Å². The monoisotopic (exact) mass is 330 g/mol. The molecule has 1 N–H and O–H groups in total. The molecule has 6 heteroatoms. The lowest BCUT2D eigenvalue weighted by Crippen LogP contribution is -2.08. The molecule has 0 aliphatic carbocycles. The van der Waals surface area contributed by atoms with Crippen molar-refractivity contribution in [1.82, 2.24) is 0 Å². The second-order valence-electron chi connectivity index (χ2n) is 4.60. The van der Waals surface area contributed by atoms with E-state index in [1.807, 2.05) is 13.0 Å². The standard InChI is InChI=1S/C16H14N2O2S2/c1-12-7-9-14(10-8-12)22(19,20)15(11-17)16(21)18-13-5-3-2-4-6-13/h2-10,18,21H,1H3/b16-15-. The van der Waals surface area contributed by atoms with E-state index >= 15 is 0 Å². The zero-order valence-electron chi connectivity index (χ0n) is 11.8. The maximum absolute atomic E-state index is 12.5. The zero-order chi connectivity index (χ0) is 16.2. The van der Waals surface area contributed by atoms with Gasteiger partial charge in [-0.05, 0) is 31.2 Å². The molecule has 2 aromatic rings. The molecule has 0 saturated heterocycles. The Morgan fingerprint density at radius 2 is 1.68 bits per heavy atom. The molecule has 0 radical (unpaired) electrons. The highest BCUT2D eigenvalue weighted by molar-refractivity contribution is 7.96. The van der Waals surface area contributed by atoms with Gasteiger partial charge >= 0.3 is 0 Å². The molecule has 0 saturated carbocycles. The quantitative estimate of drug-likeness (QED) is 0.665. The van der Waals surface area contributed by atoms with Crippen LogP contribution in [-0.4, -0.2) is 8.42 Å². The summed E-state index contributed by atoms with van der Waals surface area (Å²) < 4.78 is 25.1. The van der Waals surface area contributed by atoms with E-state index in [2.05, 4.69) is 17.9 Å². The van der Waals surface area contributed by atoms with Gasteiger partial charge in [0.05, 0.1) is 9.92 Å². The predicted octanol–water partition coefficient (Wildman–Crippen LogP) is 3.50. The Hall–Kier alpha value is -2.23. The fraction of sp³-hybridized carbons (Fsp3) is 0.0625. The number of anilines is 1. The number of nitrogens with one attached hydrogen (secondary N) is 1. The van der Waals surface area contributed by atoms with Crippen molar-refractivity contribution >= 4 is 28.2 Å². The number of hydrogen-bond acceptors (Lipinski definition) is 5. The summed E-state index contributed by atoms with van der Waals surface area (Å²) >= 11 is 4.15. The zero-order valence-corrected chi connectivity index (χ0v) is 13.5. The summed E-state index contributed by atoms with van der Waals surface area (Å²) in [6.07, 6.45) is 0. The third kappa shape index (κ3) is 3.50. The van der Waals surface area contributed by atoms with E-state index in [1.54, 1.807) is 42.5 Å². The number of thiol groups is 1. The Morgan fingerprint density at radius 1 is 1.09 bits per heavy atom. The Bertz CT molecular complexity index is 834. The minimum atomic E-state index is -3.91. The molecular weight excluding hydrogens is 316 g/mol. The minimum absolute atomic E-state index is 0.00530. The van der Waals surface area contributed by atoms with Crippen LogP contribution in [0.2, 0.25) is 0 Å². The molecule has 0 spiro atoms. The van der Waals surface area contributed by atoms with Gasteiger partial charge in [0.15, 0.2) is 4.91 Å². The van der Waals surface area contributed by atoms with Crippen molar-refractivity contribution in [1.29, 1.82) is 5.26 Å². The van der Waals surface area contributed by atoms with Gasteiger partial charge in [-0.15, -0.1) is 12.6 Å². The van der Waals surface area contributed by atoms with Crippen molar-refractivity contribution in [2.24, 2.45) is 0 Å². The molecule has 22 heavy (non-hydrogen) atoms. The Kier molecular flexibility index (Phi) is 4.91. The summed E-state index contributed by atoms with van der Waals surface area (Å²) in [5.74, 6) is 0. The fourth-order valence-electron chi connectivity index (χ4n) is 1.79. The average molecular weight is 330 g/mol. The predicted molar refractivity (Wildman–Crippen MR) is 90.1 cm³/mol. The van der Waals surface area contributed by atoms with Crippen molar-refractivity contribution in [2.75, 3.05) is 5.32 Å². The summed E-state index contributed by atoms with van der Waals surface area (Å²) in [4.78, 5) is -0.348. The molecule has 0 atom stereocenters. The largest absolute Gasteiger partial charge is 0.349 e. The first-order valence-electron chi connectivity index (χ1n) is 6.42. The highest BCUT2D eigenvalue weighted by Gasteiger charge is 2.23. The molecule has 0 heterocycles. The number of nitriles is 1. The highest BCUT2D eigenvalue weighted by atomic mass is 32.2. The summed E-state index contributed by atoms with van der Waals surface area (Å²) in [6.45, 7) is 1.86. The molecule has 0 unspecified atom stereocenters. The normalized spacial score (nSPS) is 12.2. The van der Waals surface area contributed by atoms with E-state index in [0.717, 1.165) is 5.56 Å². The van der Waals surface area contributed by atoms with Crippen molar-refractivity contribution < 1.29 is 8.42 Å². The van der Waals surface area contributed by atoms with E-state index in [-0.39, 0.29) is 9.92 Å². The topological polar surface area (TPSA) is 70.0 Å². The molecule has 0 fully saturated rings. The number of nitrogens with zero attached hydrogens (tertiary/aromatic N) is 1. The van der Waals surface area contributed by atoms with Crippen LogP contribution in [-0.2, 0) is 9.84 Å². The van der Waals surface area contributed by atoms with Gasteiger partial charge in [-0.2, -0.15) is 5.26 Å². The van der Waals surface area contributed by atoms with Gasteiger partial charge in [0.1, 0.15) is 6.07 Å². The third-order valence-electron chi connectivity index (χ3n) is 2.95. The lowest BCUT2D eigenvalue weighted by molar-refractivity contribution is 0.603. The molecule has 2 rings (SSSR count). The van der Waals surface area contributed by atoms with Crippen LogP contribution in [0.1, 0.15) is 5.56 Å². The number of benzene rings is 2. The van der Waals surface area contributed by atoms with Gasteiger partial charge in [0.2, 0.25) is 9.84 Å². The second kappa shape index (κ2) is 6.69. The van der Waals surface area contributed by atoms with E-state index < -0.39 is 14.7 Å². The van der Waals surface area contributed by atoms with Crippen LogP contribution in [0.4, 0.5) is 5.69 Å². The highest BCUT2D eigenvalue weighted by Crippen LogP contribution is 2.24. The number of aryl methyl sites for hydroxylation is 1. The molecule has 0 aliphatic rings. The number of allylic oxidation sites excluding steroid dienone is 1. The summed E-state index contributed by atoms with van der Waals surface area (Å²) in [6, 6.07) is 17.0. The van der Waals surface area contributed by atoms with Gasteiger partial charge in [0.25, 0.3) is 0 Å². The molecular formula is C16H14N2O2S2. The lowest BCUT2D eigenvalue weighted by atomic mass is 10.2. The van der Waals surface area contributed by atoms with Gasteiger partial charge in [-0.25, -0.2) is 8.42 Å². The maximum Gasteiger partial charge on any atom is 0.219 e. The first-order chi connectivity index (χ1) is 10.4. The van der Waals surface area contributed by atoms with E-state index in [4.69, 9.17) is 0 Å². The Balaban J connectivity index is 2.44. The van der Waals surface area contributed by atoms with Crippen molar-refractivity contribution in [2.45, 2.75) is 11.8 Å². The van der Waals surface area contributed by atoms with E-state index in [1.165, 1.54) is 12.1 Å². The van der Waals surface area contributed by atoms with Gasteiger partial charge in [-0.3, -0.25) is 0 Å². The van der Waals surface area contributed by atoms with Crippen LogP contribution in [0, 0.1) is 18.3 Å². The van der Waals surface area contributed by atoms with Crippen molar-refractivity contribution in [3.8, 4) is 6.07 Å². The lowest BCUT2D eigenvalue weighted by Gasteiger charge is -2.09. The first-order valence-corrected chi connectivity index (χ1v) is 8.35. The number of hydrogen-bond donors (Lipinski definition) is 2. The van der Waals surface area contributed by atoms with Crippen LogP contribution in [0.3, 0.4) is 0 Å². The van der Waals surface area contributed by atoms with Crippen LogP contribution in [0.25, 0.3) is 0 Å². The van der Waals surface area contributed by atoms with E-state index in [9.17, 15) is 13.7 Å². The average Bonchev–Trinajstić information content (AvgIpc) is 2.49. The smallest absolute Gasteiger partial charge is 0.219 e. The molecule has 2 aromatic carbocycles. The van der Waals surface area contributed by atoms with Crippen LogP contribution in [0.15, 0.2) is 69.4 Å². The van der Waals surface area contributed by atoms with Crippen LogP contribution >= 0.6 is 12.6 Å². The third-order valence-corrected chi connectivity index (χ3v) is 5.17. The molecule has 0 bridgehead atoms. The molecule has 0 aliphatic heterocycles. The van der Waals surface area contributed by atoms with E-state index in [0.29, 0.717) is 5.69 Å². The van der Waals surface area contributed by atoms with Crippen LogP contribution < -0.4 is 5.32 Å². The summed E-state index contributed by atoms with van der Waals surface area (Å²) in [5.41, 5.74) is 1.59. The fourth-order valence-corrected chi connectivity index (χ4v) is 3.49. The van der Waals surface area contributed by atoms with Crippen molar-refractivity contribution in [3.63, 3.8) is 0 Å². The SMILES string of the molecule is Cc1ccc(S(=O)(=O)/C(C#N)=C(\S)Nc2ccccc2)cc1. The summed E-state index contributed by atoms with van der Waals surface area (Å²) in [5, 5.41) is 12.1. The first kappa shape index (κ1) is 16.1. The number of rotatable bonds is 4. The Morgan fingerprint density at radius 3 is 2.23 bits per heavy atom. The van der Waals surface area contributed by atoms with Crippen molar-refractivity contribution in [3.05, 3.63) is 70.1 Å². The Labute approximate surface area is 135 Å². The number of sulfone groups is 1. The van der Waals surface area contributed by atoms with Gasteiger partial charge in [0, 0.05) is 5.69 Å².